The van der Waals surface area contributed by atoms with E-state index in [-0.39, 0.29) is 17.8 Å². The number of non-ortho nitro benzene ring substituents is 1. The van der Waals surface area contributed by atoms with Gasteiger partial charge in [0, 0.05) is 18.7 Å². The van der Waals surface area contributed by atoms with Crippen molar-refractivity contribution in [3.05, 3.63) is 130 Å². The highest BCUT2D eigenvalue weighted by Gasteiger charge is 2.36. The summed E-state index contributed by atoms with van der Waals surface area (Å²) in [6, 6.07) is 23.0. The minimum Gasteiger partial charge on any atom is -0.478 e. The number of aliphatic hydroxyl groups excluding tert-OH is 1. The zero-order valence-electron chi connectivity index (χ0n) is 39.6. The summed E-state index contributed by atoms with van der Waals surface area (Å²) in [5, 5.41) is 47.2. The Kier molecular flexibility index (Phi) is 18.4. The van der Waals surface area contributed by atoms with Gasteiger partial charge in [-0.2, -0.15) is 0 Å². The van der Waals surface area contributed by atoms with Crippen molar-refractivity contribution < 1.29 is 48.7 Å². The number of nitro groups is 1. The summed E-state index contributed by atoms with van der Waals surface area (Å²) < 4.78 is 0. The zero-order chi connectivity index (χ0) is 56.0. The normalized spacial score (nSPS) is 13.1. The second-order valence-electron chi connectivity index (χ2n) is 16.0. The Morgan fingerprint density at radius 1 is 0.553 bits per heavy atom. The maximum absolute atomic E-state index is 14.8. The number of benzene rings is 5. The predicted molar refractivity (Wildman–Crippen MR) is 276 cm³/mol. The lowest BCUT2D eigenvalue weighted by molar-refractivity contribution is -0.384. The third-order valence-corrected chi connectivity index (χ3v) is 10.7. The number of aliphatic hydroxyl groups is 1. The molecule has 0 aliphatic carbocycles. The average molecular weight is 1050 g/mol. The molecule has 31 heteroatoms. The molecule has 5 aromatic carbocycles. The number of rotatable bonds is 23. The number of primary amides is 1. The minimum absolute atomic E-state index is 0.0577. The Morgan fingerprint density at radius 2 is 0.987 bits per heavy atom. The number of fused-ring (bicyclic) bond motifs is 2. The molecule has 25 N–H and O–H groups in total. The van der Waals surface area contributed by atoms with Gasteiger partial charge in [0.15, 0.2) is 23.8 Å². The number of nitrogens with two attached hydrogens (primary N) is 9. The zero-order valence-corrected chi connectivity index (χ0v) is 39.6. The lowest BCUT2D eigenvalue weighted by Crippen LogP contribution is -2.58. The van der Waals surface area contributed by atoms with Gasteiger partial charge in [0.25, 0.3) is 29.3 Å². The summed E-state index contributed by atoms with van der Waals surface area (Å²) in [5.74, 6) is -12.5. The molecule has 0 bridgehead atoms. The van der Waals surface area contributed by atoms with E-state index in [1.807, 2.05) is 28.8 Å². The van der Waals surface area contributed by atoms with E-state index in [0.717, 1.165) is 29.0 Å². The molecule has 31 nitrogen and oxygen atoms in total. The van der Waals surface area contributed by atoms with Gasteiger partial charge in [-0.25, -0.2) is 24.8 Å². The van der Waals surface area contributed by atoms with Crippen LogP contribution in [-0.4, -0.2) is 118 Å². The number of carboxylic acid groups (broad SMARTS) is 1. The van der Waals surface area contributed by atoms with Crippen LogP contribution in [0.4, 0.5) is 11.4 Å². The fourth-order valence-electron chi connectivity index (χ4n) is 7.47. The number of carbonyl (C=O) groups is 7. The van der Waals surface area contributed by atoms with E-state index < -0.39 is 125 Å². The topological polar surface area (TPSA) is 550 Å². The van der Waals surface area contributed by atoms with Crippen LogP contribution >= 0.6 is 0 Å². The van der Waals surface area contributed by atoms with Gasteiger partial charge in [-0.3, -0.25) is 38.9 Å². The summed E-state index contributed by atoms with van der Waals surface area (Å²) in [6.07, 6.45) is -8.42. The molecule has 6 unspecified atom stereocenters. The van der Waals surface area contributed by atoms with Crippen LogP contribution in [0.15, 0.2) is 123 Å². The van der Waals surface area contributed by atoms with Crippen molar-refractivity contribution in [1.82, 2.24) is 26.6 Å². The van der Waals surface area contributed by atoms with Crippen LogP contribution in [0.5, 0.6) is 0 Å². The molecule has 0 aliphatic heterocycles. The van der Waals surface area contributed by atoms with Gasteiger partial charge in [-0.15, -0.1) is 0 Å². The van der Waals surface area contributed by atoms with E-state index >= 15 is 0 Å². The second kappa shape index (κ2) is 25.0. The Hall–Kier alpha value is -10.9. The van der Waals surface area contributed by atoms with Crippen molar-refractivity contribution in [2.45, 2.75) is 43.3 Å². The van der Waals surface area contributed by atoms with Gasteiger partial charge in [0.1, 0.15) is 12.1 Å². The molecule has 0 saturated heterocycles. The highest BCUT2D eigenvalue weighted by molar-refractivity contribution is 6.04. The van der Waals surface area contributed by atoms with Gasteiger partial charge in [0.2, 0.25) is 36.5 Å². The Balaban J connectivity index is 1.52. The molecular weight excluding hydrogens is 997 g/mol. The average Bonchev–Trinajstić information content (AvgIpc) is 3.36. The standard InChI is InChI=1S/C45H52N20O11/c46-31(67)32(60-42(47)48)56-38(70)34(62-44(51)52)58-40(72)35(63-45(53)54)59-39(71)33(61-43(49)50)57-37(69)30(20-8-2-1-3-9-20)55-36(68)29(19-66)64(28-15-14-23(65(75)76)17-26(28)41(73)74)18-27-24-12-6-4-10-21(24)16-22-11-5-7-13-25(22)27/h1-17,29-30,32-35,66H,18-19H2,(H2,46,67)(H,55,68)(H,56,70)(H,57,69)(H,58,72)(H,59,71)(H,73,74)(H4,47,48,60)(H4,49,50,61)(H4,51,52,62)(H4,53,54,63). The highest BCUT2D eigenvalue weighted by Crippen LogP contribution is 2.34. The molecular formula is C45H52N20O11. The van der Waals surface area contributed by atoms with Crippen LogP contribution in [0.25, 0.3) is 21.5 Å². The first-order valence-electron chi connectivity index (χ1n) is 22.0. The molecule has 0 radical (unpaired) electrons. The molecule has 0 saturated carbocycles. The molecule has 76 heavy (non-hydrogen) atoms. The molecule has 0 aromatic heterocycles. The molecule has 6 atom stereocenters. The predicted octanol–water partition coefficient (Wildman–Crippen LogP) is -4.83. The first kappa shape index (κ1) is 56.1. The fraction of sp³-hybridized carbons (Fsp3) is 0.178. The largest absolute Gasteiger partial charge is 0.478 e. The Bertz CT molecular complexity index is 3120. The third-order valence-electron chi connectivity index (χ3n) is 10.7. The lowest BCUT2D eigenvalue weighted by atomic mass is 9.95. The Morgan fingerprint density at radius 3 is 1.42 bits per heavy atom. The molecule has 0 spiro atoms. The minimum atomic E-state index is -2.21. The number of hydrogen-bond donors (Lipinski definition) is 16. The van der Waals surface area contributed by atoms with E-state index in [1.165, 1.54) is 29.2 Å². The summed E-state index contributed by atoms with van der Waals surface area (Å²) in [4.78, 5) is 122. The van der Waals surface area contributed by atoms with E-state index in [4.69, 9.17) is 51.6 Å². The number of nitrogens with zero attached hydrogens (tertiary/aromatic N) is 6. The number of anilines is 1. The second-order valence-corrected chi connectivity index (χ2v) is 16.0. The number of carboxylic acids is 1. The first-order chi connectivity index (χ1) is 36.0. The molecule has 398 valence electrons. The SMILES string of the molecule is NC(=O)C(N=C(N)N)NC(=O)C(N=C(N)N)NC(=O)C(N=C(N)N)NC(=O)C(N=C(N)N)NC(=O)C(NC(=O)C(CO)N(Cc1c2ccccc2cc2ccccc12)c1ccc([N+](=O)[O-])cc1C(=O)O)c1ccccc1. The van der Waals surface area contributed by atoms with E-state index in [2.05, 4.69) is 35.9 Å². The van der Waals surface area contributed by atoms with Crippen LogP contribution in [0.3, 0.4) is 0 Å². The van der Waals surface area contributed by atoms with Gasteiger partial charge >= 0.3 is 5.97 Å². The Labute approximate surface area is 428 Å². The number of aromatic carboxylic acids is 1. The van der Waals surface area contributed by atoms with Crippen LogP contribution in [0.1, 0.15) is 27.5 Å². The van der Waals surface area contributed by atoms with Crippen LogP contribution in [0.2, 0.25) is 0 Å². The third kappa shape index (κ3) is 14.4. The van der Waals surface area contributed by atoms with E-state index in [0.29, 0.717) is 16.3 Å². The van der Waals surface area contributed by atoms with Crippen molar-refractivity contribution in [2.24, 2.45) is 71.6 Å². The maximum atomic E-state index is 14.8. The van der Waals surface area contributed by atoms with Crippen LogP contribution < -0.4 is 83.1 Å². The van der Waals surface area contributed by atoms with Gasteiger partial charge < -0.3 is 93.3 Å². The first-order valence-corrected chi connectivity index (χ1v) is 22.0. The molecule has 0 fully saturated rings. The number of guanidine groups is 4. The molecule has 5 rings (SSSR count). The number of hydrogen-bond acceptors (Lipinski definition) is 15. The van der Waals surface area contributed by atoms with Crippen molar-refractivity contribution in [3.8, 4) is 0 Å². The number of aliphatic imine (C=N–C) groups is 4. The summed E-state index contributed by atoms with van der Waals surface area (Å²) in [7, 11) is 0. The monoisotopic (exact) mass is 1050 g/mol. The summed E-state index contributed by atoms with van der Waals surface area (Å²) >= 11 is 0. The van der Waals surface area contributed by atoms with E-state index in [9.17, 15) is 53.9 Å². The summed E-state index contributed by atoms with van der Waals surface area (Å²) in [6.45, 7) is -1.35. The fourth-order valence-corrected chi connectivity index (χ4v) is 7.47. The van der Waals surface area contributed by atoms with Gasteiger partial charge in [0.05, 0.1) is 22.8 Å². The van der Waals surface area contributed by atoms with E-state index in [1.54, 1.807) is 42.5 Å². The number of nitrogens with one attached hydrogen (secondary N) is 5. The molecule has 0 heterocycles. The van der Waals surface area contributed by atoms with Crippen molar-refractivity contribution >= 4 is 98.2 Å². The number of nitro benzene ring substituents is 1. The van der Waals surface area contributed by atoms with Crippen LogP contribution in [0, 0.1) is 10.1 Å². The highest BCUT2D eigenvalue weighted by atomic mass is 16.6. The number of amides is 6. The van der Waals surface area contributed by atoms with Crippen molar-refractivity contribution in [1.29, 1.82) is 0 Å². The van der Waals surface area contributed by atoms with Gasteiger partial charge in [-0.05, 0) is 44.8 Å². The maximum Gasteiger partial charge on any atom is 0.338 e. The van der Waals surface area contributed by atoms with Crippen LogP contribution in [-0.2, 0) is 35.3 Å². The summed E-state index contributed by atoms with van der Waals surface area (Å²) in [5.41, 5.74) is 48.3. The van der Waals surface area contributed by atoms with Gasteiger partial charge in [-0.1, -0.05) is 78.9 Å². The quantitative estimate of drug-likeness (QED) is 0.00959. The van der Waals surface area contributed by atoms with Crippen molar-refractivity contribution in [3.63, 3.8) is 0 Å². The molecule has 5 aromatic rings. The smallest absolute Gasteiger partial charge is 0.338 e. The molecule has 0 aliphatic rings. The van der Waals surface area contributed by atoms with Crippen molar-refractivity contribution in [2.75, 3.05) is 11.5 Å². The number of carbonyl (C=O) groups excluding carboxylic acids is 6. The molecule has 6 amide bonds. The lowest BCUT2D eigenvalue weighted by Gasteiger charge is -2.34.